The van der Waals surface area contributed by atoms with Crippen LogP contribution >= 0.6 is 23.1 Å². The number of carbonyl (C=O) groups excluding carboxylic acids is 2. The Hall–Kier alpha value is -3.24. The van der Waals surface area contributed by atoms with Crippen LogP contribution in [0, 0.1) is 5.41 Å². The molecule has 2 aromatic rings. The molecule has 5 rings (SSSR count). The highest BCUT2D eigenvalue weighted by Crippen LogP contribution is 2.30. The van der Waals surface area contributed by atoms with Crippen molar-refractivity contribution >= 4 is 57.2 Å². The predicted octanol–water partition coefficient (Wildman–Crippen LogP) is 4.03. The van der Waals surface area contributed by atoms with Gasteiger partial charge in [0, 0.05) is 13.1 Å². The van der Waals surface area contributed by atoms with Crippen LogP contribution in [0.4, 0.5) is 0 Å². The molecule has 0 aliphatic carbocycles. The molecule has 0 radical (unpaired) electrons. The number of hydrazone groups is 1. The van der Waals surface area contributed by atoms with Gasteiger partial charge in [0.2, 0.25) is 5.17 Å². The molecule has 1 amide bonds. The number of rotatable bonds is 3. The van der Waals surface area contributed by atoms with Crippen LogP contribution in [0.25, 0.3) is 6.08 Å². The number of likely N-dealkylation sites (tertiary alicyclic amines) is 1. The van der Waals surface area contributed by atoms with Crippen LogP contribution in [0.15, 0.2) is 57.4 Å². The van der Waals surface area contributed by atoms with Gasteiger partial charge in [-0.2, -0.15) is 10.0 Å². The molecule has 32 heavy (non-hydrogen) atoms. The Labute approximate surface area is 192 Å². The van der Waals surface area contributed by atoms with E-state index in [9.17, 15) is 9.59 Å². The highest BCUT2D eigenvalue weighted by molar-refractivity contribution is 8.26. The molecule has 8 nitrogen and oxygen atoms in total. The van der Waals surface area contributed by atoms with Crippen molar-refractivity contribution in [2.45, 2.75) is 19.3 Å². The number of nitrogens with one attached hydrogen (secondary N) is 1. The lowest BCUT2D eigenvalue weighted by Crippen LogP contribution is -2.35. The zero-order valence-electron chi connectivity index (χ0n) is 17.0. The van der Waals surface area contributed by atoms with Crippen molar-refractivity contribution in [3.8, 4) is 5.75 Å². The smallest absolute Gasteiger partial charge is 0.353 e. The van der Waals surface area contributed by atoms with Gasteiger partial charge < -0.3 is 9.64 Å². The van der Waals surface area contributed by atoms with Gasteiger partial charge in [-0.1, -0.05) is 18.2 Å². The number of amidine groups is 3. The normalized spacial score (nSPS) is 19.7. The second-order valence-corrected chi connectivity index (χ2v) is 9.27. The summed E-state index contributed by atoms with van der Waals surface area (Å²) >= 11 is 2.66. The van der Waals surface area contributed by atoms with Crippen molar-refractivity contribution < 1.29 is 14.3 Å². The second kappa shape index (κ2) is 8.71. The van der Waals surface area contributed by atoms with Crippen LogP contribution in [-0.2, 0) is 4.79 Å². The zero-order chi connectivity index (χ0) is 22.1. The minimum absolute atomic E-state index is 0.00714. The number of hydrogen-bond acceptors (Lipinski definition) is 8. The standard InChI is InChI=1S/C22H19N5O3S2/c23-18-16(13-14-6-8-15(9-7-14)30-20(29)17-5-4-12-31-17)19(28)24-21-27(18)25-22(32-21)26-10-2-1-3-11-26/h4-9,12-13,23H,1-3,10-11H2/b16-13-,23-18?. The first-order valence-electron chi connectivity index (χ1n) is 10.2. The van der Waals surface area contributed by atoms with Gasteiger partial charge in [-0.3, -0.25) is 10.2 Å². The Morgan fingerprint density at radius 1 is 1.09 bits per heavy atom. The summed E-state index contributed by atoms with van der Waals surface area (Å²) in [6, 6.07) is 10.3. The molecule has 1 saturated heterocycles. The van der Waals surface area contributed by atoms with Crippen molar-refractivity contribution in [1.29, 1.82) is 5.41 Å². The average molecular weight is 466 g/mol. The van der Waals surface area contributed by atoms with E-state index in [-0.39, 0.29) is 11.4 Å². The number of aliphatic imine (C=N–C) groups is 1. The zero-order valence-corrected chi connectivity index (χ0v) is 18.6. The highest BCUT2D eigenvalue weighted by atomic mass is 32.2. The monoisotopic (exact) mass is 465 g/mol. The van der Waals surface area contributed by atoms with E-state index < -0.39 is 11.9 Å². The summed E-state index contributed by atoms with van der Waals surface area (Å²) in [5.41, 5.74) is 0.862. The second-order valence-electron chi connectivity index (χ2n) is 7.39. The lowest BCUT2D eigenvalue weighted by atomic mass is 10.1. The van der Waals surface area contributed by atoms with E-state index in [1.54, 1.807) is 42.5 Å². The van der Waals surface area contributed by atoms with Crippen molar-refractivity contribution in [3.05, 3.63) is 57.8 Å². The fraction of sp³-hybridized carbons (Fsp3) is 0.227. The number of fused-ring (bicyclic) bond motifs is 1. The maximum Gasteiger partial charge on any atom is 0.353 e. The molecule has 1 fully saturated rings. The fourth-order valence-corrected chi connectivity index (χ4v) is 5.09. The molecule has 0 saturated carbocycles. The van der Waals surface area contributed by atoms with Gasteiger partial charge in [0.05, 0.1) is 5.57 Å². The molecular formula is C22H19N5O3S2. The van der Waals surface area contributed by atoms with E-state index in [1.165, 1.54) is 34.5 Å². The Morgan fingerprint density at radius 3 is 2.59 bits per heavy atom. The number of hydrogen-bond donors (Lipinski definition) is 1. The summed E-state index contributed by atoms with van der Waals surface area (Å²) in [6.45, 7) is 1.86. The number of ether oxygens (including phenoxy) is 1. The van der Waals surface area contributed by atoms with E-state index in [0.717, 1.165) is 31.1 Å². The Balaban J connectivity index is 1.32. The van der Waals surface area contributed by atoms with E-state index in [4.69, 9.17) is 10.1 Å². The van der Waals surface area contributed by atoms with E-state index in [2.05, 4.69) is 15.0 Å². The quantitative estimate of drug-likeness (QED) is 0.418. The Kier molecular flexibility index (Phi) is 5.62. The minimum Gasteiger partial charge on any atom is -0.422 e. The number of piperidine rings is 1. The van der Waals surface area contributed by atoms with Crippen LogP contribution in [0.5, 0.6) is 5.75 Å². The molecule has 0 atom stereocenters. The van der Waals surface area contributed by atoms with Crippen LogP contribution in [0.3, 0.4) is 0 Å². The third-order valence-electron chi connectivity index (χ3n) is 5.19. The summed E-state index contributed by atoms with van der Waals surface area (Å²) in [6.07, 6.45) is 5.06. The first-order valence-corrected chi connectivity index (χ1v) is 11.9. The van der Waals surface area contributed by atoms with Gasteiger partial charge >= 0.3 is 5.97 Å². The topological polar surface area (TPSA) is 98.4 Å². The predicted molar refractivity (Wildman–Crippen MR) is 126 cm³/mol. The third-order valence-corrected chi connectivity index (χ3v) is 7.01. The van der Waals surface area contributed by atoms with Crippen LogP contribution in [0.2, 0.25) is 0 Å². The van der Waals surface area contributed by atoms with Gasteiger partial charge in [-0.15, -0.1) is 16.4 Å². The largest absolute Gasteiger partial charge is 0.422 e. The lowest BCUT2D eigenvalue weighted by Gasteiger charge is -2.26. The molecular weight excluding hydrogens is 446 g/mol. The third kappa shape index (κ3) is 4.11. The maximum atomic E-state index is 12.6. The molecule has 3 aliphatic heterocycles. The van der Waals surface area contributed by atoms with Gasteiger partial charge in [0.1, 0.15) is 10.6 Å². The van der Waals surface area contributed by atoms with Gasteiger partial charge in [0.15, 0.2) is 11.0 Å². The van der Waals surface area contributed by atoms with Gasteiger partial charge in [-0.25, -0.2) is 4.79 Å². The van der Waals surface area contributed by atoms with Crippen molar-refractivity contribution in [2.24, 2.45) is 10.1 Å². The number of amides is 1. The number of thiophene rings is 1. The van der Waals surface area contributed by atoms with Crippen molar-refractivity contribution in [2.75, 3.05) is 13.1 Å². The molecule has 0 spiro atoms. The summed E-state index contributed by atoms with van der Waals surface area (Å²) in [5.74, 6) is -0.460. The number of benzene rings is 1. The van der Waals surface area contributed by atoms with Crippen molar-refractivity contribution in [1.82, 2.24) is 9.91 Å². The summed E-state index contributed by atoms with van der Waals surface area (Å²) < 4.78 is 5.36. The molecule has 1 aromatic carbocycles. The first kappa shape index (κ1) is 20.7. The number of esters is 1. The number of nitrogens with zero attached hydrogens (tertiary/aromatic N) is 4. The van der Waals surface area contributed by atoms with Crippen LogP contribution in [0.1, 0.15) is 34.5 Å². The first-order chi connectivity index (χ1) is 15.6. The maximum absolute atomic E-state index is 12.6. The number of thioether (sulfide) groups is 1. The Bertz CT molecular complexity index is 1160. The van der Waals surface area contributed by atoms with Gasteiger partial charge in [0.25, 0.3) is 5.91 Å². The Morgan fingerprint density at radius 2 is 1.88 bits per heavy atom. The molecule has 162 valence electrons. The molecule has 0 bridgehead atoms. The van der Waals surface area contributed by atoms with E-state index >= 15 is 0 Å². The number of carbonyl (C=O) groups is 2. The lowest BCUT2D eigenvalue weighted by molar-refractivity contribution is -0.114. The molecule has 3 aliphatic rings. The molecule has 1 N–H and O–H groups in total. The summed E-state index contributed by atoms with van der Waals surface area (Å²) in [7, 11) is 0. The van der Waals surface area contributed by atoms with Crippen molar-refractivity contribution in [3.63, 3.8) is 0 Å². The summed E-state index contributed by atoms with van der Waals surface area (Å²) in [4.78, 5) is 31.5. The molecule has 10 heteroatoms. The highest BCUT2D eigenvalue weighted by Gasteiger charge is 2.37. The summed E-state index contributed by atoms with van der Waals surface area (Å²) in [5, 5.41) is 17.5. The molecule has 0 unspecified atom stereocenters. The van der Waals surface area contributed by atoms with Crippen LogP contribution < -0.4 is 4.74 Å². The van der Waals surface area contributed by atoms with E-state index in [0.29, 0.717) is 21.4 Å². The minimum atomic E-state index is -0.461. The fourth-order valence-electron chi connectivity index (χ4n) is 3.55. The SMILES string of the molecule is N=C1/C(=C/c2ccc(OC(=O)c3cccs3)cc2)C(=O)N=C2SC(N3CCCCC3)=NN12. The van der Waals surface area contributed by atoms with Gasteiger partial charge in [-0.05, 0) is 66.2 Å². The van der Waals surface area contributed by atoms with E-state index in [1.807, 2.05) is 5.38 Å². The van der Waals surface area contributed by atoms with Crippen LogP contribution in [-0.4, -0.2) is 51.0 Å². The molecule has 4 heterocycles. The average Bonchev–Trinajstić information content (AvgIpc) is 3.49. The molecule has 1 aromatic heterocycles.